The van der Waals surface area contributed by atoms with E-state index in [9.17, 15) is 10.1 Å². The standard InChI is InChI=1S/C17H16N2O2S/c1-3-21-15-7-5-4-6-14(15)19-17(20)13(11-18)10-16-12(2)8-9-22-16/h4-10H,3H2,1-2H3,(H,19,20). The van der Waals surface area contributed by atoms with E-state index in [2.05, 4.69) is 5.32 Å². The minimum absolute atomic E-state index is 0.0665. The Labute approximate surface area is 133 Å². The summed E-state index contributed by atoms with van der Waals surface area (Å²) < 4.78 is 5.46. The number of ether oxygens (including phenoxy) is 1. The summed E-state index contributed by atoms with van der Waals surface area (Å²) in [7, 11) is 0. The van der Waals surface area contributed by atoms with Crippen molar-refractivity contribution in [3.63, 3.8) is 0 Å². The monoisotopic (exact) mass is 312 g/mol. The summed E-state index contributed by atoms with van der Waals surface area (Å²) >= 11 is 1.50. The highest BCUT2D eigenvalue weighted by atomic mass is 32.1. The number of hydrogen-bond acceptors (Lipinski definition) is 4. The van der Waals surface area contributed by atoms with E-state index in [-0.39, 0.29) is 5.57 Å². The molecule has 0 aliphatic heterocycles. The summed E-state index contributed by atoms with van der Waals surface area (Å²) in [6.45, 7) is 4.32. The van der Waals surface area contributed by atoms with Gasteiger partial charge < -0.3 is 10.1 Å². The molecular weight excluding hydrogens is 296 g/mol. The molecule has 0 saturated carbocycles. The summed E-state index contributed by atoms with van der Waals surface area (Å²) in [5, 5.41) is 13.9. The Bertz CT molecular complexity index is 741. The minimum Gasteiger partial charge on any atom is -0.492 e. The number of amides is 1. The first-order chi connectivity index (χ1) is 10.7. The molecule has 0 aliphatic rings. The van der Waals surface area contributed by atoms with E-state index in [1.54, 1.807) is 24.3 Å². The number of rotatable bonds is 5. The number of benzene rings is 1. The molecule has 0 fully saturated rings. The molecule has 0 radical (unpaired) electrons. The molecule has 0 atom stereocenters. The Morgan fingerprint density at radius 1 is 1.41 bits per heavy atom. The van der Waals surface area contributed by atoms with Crippen LogP contribution < -0.4 is 10.1 Å². The molecule has 1 aromatic heterocycles. The van der Waals surface area contributed by atoms with Crippen LogP contribution in [0.1, 0.15) is 17.4 Å². The second kappa shape index (κ2) is 7.43. The van der Waals surface area contributed by atoms with Crippen molar-refractivity contribution in [2.45, 2.75) is 13.8 Å². The lowest BCUT2D eigenvalue weighted by atomic mass is 10.2. The smallest absolute Gasteiger partial charge is 0.266 e. The van der Waals surface area contributed by atoms with Crippen molar-refractivity contribution in [2.24, 2.45) is 0 Å². The number of nitriles is 1. The van der Waals surface area contributed by atoms with Crippen LogP contribution in [-0.2, 0) is 4.79 Å². The van der Waals surface area contributed by atoms with E-state index in [0.29, 0.717) is 18.0 Å². The predicted molar refractivity (Wildman–Crippen MR) is 88.9 cm³/mol. The van der Waals surface area contributed by atoms with Crippen LogP contribution >= 0.6 is 11.3 Å². The lowest BCUT2D eigenvalue weighted by molar-refractivity contribution is -0.112. The topological polar surface area (TPSA) is 62.1 Å². The van der Waals surface area contributed by atoms with E-state index in [1.807, 2.05) is 37.4 Å². The van der Waals surface area contributed by atoms with E-state index < -0.39 is 5.91 Å². The predicted octanol–water partition coefficient (Wildman–Crippen LogP) is 4.00. The number of hydrogen-bond donors (Lipinski definition) is 1. The van der Waals surface area contributed by atoms with Crippen molar-refractivity contribution in [3.8, 4) is 11.8 Å². The Morgan fingerprint density at radius 2 is 2.18 bits per heavy atom. The van der Waals surface area contributed by atoms with Crippen molar-refractivity contribution in [1.29, 1.82) is 5.26 Å². The molecule has 1 heterocycles. The number of carbonyl (C=O) groups excluding carboxylic acids is 1. The number of carbonyl (C=O) groups is 1. The third-order valence-electron chi connectivity index (χ3n) is 2.98. The first-order valence-electron chi connectivity index (χ1n) is 6.84. The molecule has 22 heavy (non-hydrogen) atoms. The average Bonchev–Trinajstić information content (AvgIpc) is 2.92. The minimum atomic E-state index is -0.442. The Morgan fingerprint density at radius 3 is 2.82 bits per heavy atom. The molecule has 112 valence electrons. The number of para-hydroxylation sites is 2. The van der Waals surface area contributed by atoms with E-state index in [1.165, 1.54) is 11.3 Å². The second-order valence-electron chi connectivity index (χ2n) is 4.52. The number of nitrogens with zero attached hydrogens (tertiary/aromatic N) is 1. The zero-order valence-electron chi connectivity index (χ0n) is 12.4. The van der Waals surface area contributed by atoms with Crippen molar-refractivity contribution < 1.29 is 9.53 Å². The van der Waals surface area contributed by atoms with Gasteiger partial charge in [0.25, 0.3) is 5.91 Å². The zero-order chi connectivity index (χ0) is 15.9. The molecular formula is C17H16N2O2S. The molecule has 1 aromatic carbocycles. The molecule has 5 heteroatoms. The fourth-order valence-electron chi connectivity index (χ4n) is 1.85. The van der Waals surface area contributed by atoms with Crippen molar-refractivity contribution in [2.75, 3.05) is 11.9 Å². The number of nitrogens with one attached hydrogen (secondary N) is 1. The second-order valence-corrected chi connectivity index (χ2v) is 5.47. The maximum Gasteiger partial charge on any atom is 0.266 e. The first kappa shape index (κ1) is 15.8. The summed E-state index contributed by atoms with van der Waals surface area (Å²) in [4.78, 5) is 13.2. The molecule has 0 saturated heterocycles. The van der Waals surface area contributed by atoms with Gasteiger partial charge in [-0.1, -0.05) is 12.1 Å². The maximum absolute atomic E-state index is 12.3. The van der Waals surface area contributed by atoms with Gasteiger partial charge in [-0.25, -0.2) is 0 Å². The molecule has 2 aromatic rings. The van der Waals surface area contributed by atoms with Gasteiger partial charge in [-0.05, 0) is 49.1 Å². The third kappa shape index (κ3) is 3.74. The Hall–Kier alpha value is -2.58. The molecule has 0 bridgehead atoms. The van der Waals surface area contributed by atoms with Crippen LogP contribution in [0.5, 0.6) is 5.75 Å². The lowest BCUT2D eigenvalue weighted by Crippen LogP contribution is -2.14. The zero-order valence-corrected chi connectivity index (χ0v) is 13.2. The van der Waals surface area contributed by atoms with Gasteiger partial charge in [0, 0.05) is 4.88 Å². The van der Waals surface area contributed by atoms with Crippen LogP contribution in [0.2, 0.25) is 0 Å². The third-order valence-corrected chi connectivity index (χ3v) is 3.94. The maximum atomic E-state index is 12.3. The van der Waals surface area contributed by atoms with E-state index in [4.69, 9.17) is 4.74 Å². The fourth-order valence-corrected chi connectivity index (χ4v) is 2.71. The SMILES string of the molecule is CCOc1ccccc1NC(=O)C(C#N)=Cc1sccc1C. The van der Waals surface area contributed by atoms with Gasteiger partial charge in [-0.2, -0.15) is 5.26 Å². The highest BCUT2D eigenvalue weighted by Crippen LogP contribution is 2.25. The molecule has 0 unspecified atom stereocenters. The molecule has 4 nitrogen and oxygen atoms in total. The van der Waals surface area contributed by atoms with Crippen LogP contribution in [-0.4, -0.2) is 12.5 Å². The van der Waals surface area contributed by atoms with Crippen LogP contribution in [0.3, 0.4) is 0 Å². The lowest BCUT2D eigenvalue weighted by Gasteiger charge is -2.10. The average molecular weight is 312 g/mol. The molecule has 0 spiro atoms. The van der Waals surface area contributed by atoms with Crippen molar-refractivity contribution in [1.82, 2.24) is 0 Å². The van der Waals surface area contributed by atoms with Gasteiger partial charge in [0.15, 0.2) is 0 Å². The largest absolute Gasteiger partial charge is 0.492 e. The summed E-state index contributed by atoms with van der Waals surface area (Å²) in [6, 6.07) is 11.1. The quantitative estimate of drug-likeness (QED) is 0.670. The Balaban J connectivity index is 2.23. The number of thiophene rings is 1. The molecule has 1 N–H and O–H groups in total. The first-order valence-corrected chi connectivity index (χ1v) is 7.72. The van der Waals surface area contributed by atoms with Crippen LogP contribution in [0.15, 0.2) is 41.3 Å². The van der Waals surface area contributed by atoms with Crippen LogP contribution in [0.4, 0.5) is 5.69 Å². The van der Waals surface area contributed by atoms with Gasteiger partial charge >= 0.3 is 0 Å². The fraction of sp³-hybridized carbons (Fsp3) is 0.176. The molecule has 0 aliphatic carbocycles. The summed E-state index contributed by atoms with van der Waals surface area (Å²) in [5.74, 6) is 0.144. The normalized spacial score (nSPS) is 10.9. The summed E-state index contributed by atoms with van der Waals surface area (Å²) in [6.07, 6.45) is 1.61. The van der Waals surface area contributed by atoms with Crippen LogP contribution in [0.25, 0.3) is 6.08 Å². The Kier molecular flexibility index (Phi) is 5.34. The number of anilines is 1. The van der Waals surface area contributed by atoms with Gasteiger partial charge in [-0.15, -0.1) is 11.3 Å². The van der Waals surface area contributed by atoms with Gasteiger partial charge in [0.05, 0.1) is 12.3 Å². The van der Waals surface area contributed by atoms with Crippen molar-refractivity contribution in [3.05, 3.63) is 51.7 Å². The van der Waals surface area contributed by atoms with Gasteiger partial charge in [0.1, 0.15) is 17.4 Å². The van der Waals surface area contributed by atoms with Crippen LogP contribution in [0, 0.1) is 18.3 Å². The molecule has 2 rings (SSSR count). The van der Waals surface area contributed by atoms with Gasteiger partial charge in [-0.3, -0.25) is 4.79 Å². The highest BCUT2D eigenvalue weighted by Gasteiger charge is 2.13. The highest BCUT2D eigenvalue weighted by molar-refractivity contribution is 7.11. The summed E-state index contributed by atoms with van der Waals surface area (Å²) in [5.41, 5.74) is 1.66. The van der Waals surface area contributed by atoms with Gasteiger partial charge in [0.2, 0.25) is 0 Å². The van der Waals surface area contributed by atoms with Crippen molar-refractivity contribution >= 4 is 29.0 Å². The van der Waals surface area contributed by atoms with E-state index in [0.717, 1.165) is 10.4 Å². The van der Waals surface area contributed by atoms with E-state index >= 15 is 0 Å². The molecule has 1 amide bonds. The number of aryl methyl sites for hydroxylation is 1.